The maximum atomic E-state index is 12.5. The number of ether oxygens (including phenoxy) is 1. The lowest BCUT2D eigenvalue weighted by atomic mass is 9.78. The molecule has 0 saturated heterocycles. The molecule has 0 aromatic heterocycles. The van der Waals surface area contributed by atoms with Crippen LogP contribution in [0.5, 0.6) is 0 Å². The molecule has 0 amide bonds. The Morgan fingerprint density at radius 3 is 2.19 bits per heavy atom. The standard InChI is InChI=1S/C17H21ClO3/c1-4-17(5-2,16(20)21-6-3)15(19)12-9-13-7-10-14(18)11-8-13/h7-12H,4-6H2,1-3H3. The minimum absolute atomic E-state index is 0.221. The Morgan fingerprint density at radius 1 is 1.14 bits per heavy atom. The number of carbonyl (C=O) groups excluding carboxylic acids is 2. The first-order valence-electron chi connectivity index (χ1n) is 7.15. The van der Waals surface area contributed by atoms with E-state index in [0.717, 1.165) is 5.56 Å². The maximum absolute atomic E-state index is 12.5. The van der Waals surface area contributed by atoms with E-state index in [1.807, 2.05) is 26.0 Å². The Kier molecular flexibility index (Phi) is 6.63. The van der Waals surface area contributed by atoms with Crippen molar-refractivity contribution in [1.82, 2.24) is 0 Å². The first-order chi connectivity index (χ1) is 10.00. The minimum Gasteiger partial charge on any atom is -0.465 e. The van der Waals surface area contributed by atoms with Gasteiger partial charge in [-0.2, -0.15) is 0 Å². The van der Waals surface area contributed by atoms with Crippen molar-refractivity contribution in [2.75, 3.05) is 6.61 Å². The summed E-state index contributed by atoms with van der Waals surface area (Å²) >= 11 is 5.82. The Balaban J connectivity index is 2.96. The van der Waals surface area contributed by atoms with Crippen molar-refractivity contribution >= 4 is 29.4 Å². The number of benzene rings is 1. The predicted molar refractivity (Wildman–Crippen MR) is 85.1 cm³/mol. The van der Waals surface area contributed by atoms with E-state index in [1.54, 1.807) is 25.1 Å². The second-order valence-corrected chi connectivity index (χ2v) is 5.20. The van der Waals surface area contributed by atoms with Gasteiger partial charge in [-0.15, -0.1) is 0 Å². The van der Waals surface area contributed by atoms with Crippen LogP contribution in [0.3, 0.4) is 0 Å². The summed E-state index contributed by atoms with van der Waals surface area (Å²) in [6.07, 6.45) is 3.99. The van der Waals surface area contributed by atoms with Gasteiger partial charge in [0, 0.05) is 5.02 Å². The largest absolute Gasteiger partial charge is 0.465 e. The van der Waals surface area contributed by atoms with Crippen LogP contribution in [0.15, 0.2) is 30.3 Å². The number of ketones is 1. The van der Waals surface area contributed by atoms with Gasteiger partial charge >= 0.3 is 5.97 Å². The fourth-order valence-electron chi connectivity index (χ4n) is 2.16. The summed E-state index contributed by atoms with van der Waals surface area (Å²) in [6.45, 7) is 5.67. The monoisotopic (exact) mass is 308 g/mol. The van der Waals surface area contributed by atoms with Gasteiger partial charge in [0.25, 0.3) is 0 Å². The van der Waals surface area contributed by atoms with E-state index in [4.69, 9.17) is 16.3 Å². The highest BCUT2D eigenvalue weighted by Gasteiger charge is 2.42. The molecule has 4 heteroatoms. The summed E-state index contributed by atoms with van der Waals surface area (Å²) in [5, 5.41) is 0.640. The van der Waals surface area contributed by atoms with Gasteiger partial charge in [-0.3, -0.25) is 9.59 Å². The van der Waals surface area contributed by atoms with Crippen molar-refractivity contribution in [2.24, 2.45) is 5.41 Å². The number of rotatable bonds is 7. The van der Waals surface area contributed by atoms with Gasteiger partial charge in [-0.25, -0.2) is 0 Å². The van der Waals surface area contributed by atoms with E-state index in [0.29, 0.717) is 17.9 Å². The van der Waals surface area contributed by atoms with E-state index in [9.17, 15) is 9.59 Å². The highest BCUT2D eigenvalue weighted by atomic mass is 35.5. The van der Waals surface area contributed by atoms with E-state index in [1.165, 1.54) is 6.08 Å². The van der Waals surface area contributed by atoms with Crippen LogP contribution < -0.4 is 0 Å². The van der Waals surface area contributed by atoms with Gasteiger partial charge in [-0.1, -0.05) is 43.7 Å². The number of hydrogen-bond donors (Lipinski definition) is 0. The molecule has 0 spiro atoms. The molecule has 0 N–H and O–H groups in total. The first-order valence-corrected chi connectivity index (χ1v) is 7.53. The molecule has 0 unspecified atom stereocenters. The highest BCUT2D eigenvalue weighted by Crippen LogP contribution is 2.30. The van der Waals surface area contributed by atoms with Crippen molar-refractivity contribution in [1.29, 1.82) is 0 Å². The number of hydrogen-bond acceptors (Lipinski definition) is 3. The van der Waals surface area contributed by atoms with E-state index < -0.39 is 11.4 Å². The molecule has 0 saturated carbocycles. The molecule has 21 heavy (non-hydrogen) atoms. The Bertz CT molecular complexity index is 513. The number of carbonyl (C=O) groups is 2. The van der Waals surface area contributed by atoms with Gasteiger partial charge in [0.2, 0.25) is 0 Å². The molecular weight excluding hydrogens is 288 g/mol. The zero-order chi connectivity index (χ0) is 15.9. The van der Waals surface area contributed by atoms with Gasteiger partial charge < -0.3 is 4.74 Å². The van der Waals surface area contributed by atoms with Crippen LogP contribution in [0, 0.1) is 5.41 Å². The minimum atomic E-state index is -1.08. The summed E-state index contributed by atoms with van der Waals surface area (Å²) in [5.74, 6) is -0.665. The quantitative estimate of drug-likeness (QED) is 0.429. The number of allylic oxidation sites excluding steroid dienone is 1. The molecule has 0 heterocycles. The van der Waals surface area contributed by atoms with Gasteiger partial charge in [0.15, 0.2) is 5.78 Å². The van der Waals surface area contributed by atoms with Gasteiger partial charge in [0.1, 0.15) is 5.41 Å². The topological polar surface area (TPSA) is 43.4 Å². The van der Waals surface area contributed by atoms with Gasteiger partial charge in [0.05, 0.1) is 6.61 Å². The fourth-order valence-corrected chi connectivity index (χ4v) is 2.29. The summed E-state index contributed by atoms with van der Waals surface area (Å²) in [4.78, 5) is 24.6. The lowest BCUT2D eigenvalue weighted by Gasteiger charge is -2.26. The fraction of sp³-hybridized carbons (Fsp3) is 0.412. The molecule has 3 nitrogen and oxygen atoms in total. The van der Waals surface area contributed by atoms with Crippen LogP contribution in [0.4, 0.5) is 0 Å². The summed E-state index contributed by atoms with van der Waals surface area (Å²) in [7, 11) is 0. The molecule has 0 aliphatic heterocycles. The Morgan fingerprint density at radius 2 is 1.71 bits per heavy atom. The molecule has 1 aromatic rings. The van der Waals surface area contributed by atoms with Crippen LogP contribution in [-0.4, -0.2) is 18.4 Å². The third-order valence-electron chi connectivity index (χ3n) is 3.64. The maximum Gasteiger partial charge on any atom is 0.319 e. The molecular formula is C17H21ClO3. The Labute approximate surface area is 130 Å². The predicted octanol–water partition coefficient (Wildman–Crippen LogP) is 4.29. The number of halogens is 1. The molecule has 0 bridgehead atoms. The van der Waals surface area contributed by atoms with E-state index >= 15 is 0 Å². The van der Waals surface area contributed by atoms with Crippen molar-refractivity contribution in [3.8, 4) is 0 Å². The average molecular weight is 309 g/mol. The zero-order valence-corrected chi connectivity index (χ0v) is 13.4. The average Bonchev–Trinajstić information content (AvgIpc) is 2.49. The van der Waals surface area contributed by atoms with Crippen LogP contribution >= 0.6 is 11.6 Å². The van der Waals surface area contributed by atoms with Crippen molar-refractivity contribution < 1.29 is 14.3 Å². The molecule has 0 atom stereocenters. The van der Waals surface area contributed by atoms with Crippen molar-refractivity contribution in [3.63, 3.8) is 0 Å². The smallest absolute Gasteiger partial charge is 0.319 e. The van der Waals surface area contributed by atoms with E-state index in [-0.39, 0.29) is 12.4 Å². The lowest BCUT2D eigenvalue weighted by molar-refractivity contribution is -0.159. The summed E-state index contributed by atoms with van der Waals surface area (Å²) in [5.41, 5.74) is -0.225. The molecule has 0 aliphatic rings. The van der Waals surface area contributed by atoms with Crippen LogP contribution in [0.2, 0.25) is 5.02 Å². The molecule has 0 aliphatic carbocycles. The van der Waals surface area contributed by atoms with Crippen LogP contribution in [0.25, 0.3) is 6.08 Å². The van der Waals surface area contributed by atoms with Crippen LogP contribution in [-0.2, 0) is 14.3 Å². The van der Waals surface area contributed by atoms with Crippen molar-refractivity contribution in [3.05, 3.63) is 40.9 Å². The molecule has 114 valence electrons. The summed E-state index contributed by atoms with van der Waals surface area (Å²) in [6, 6.07) is 7.14. The van der Waals surface area contributed by atoms with Crippen LogP contribution in [0.1, 0.15) is 39.2 Å². The molecule has 1 aromatic carbocycles. The number of esters is 1. The normalized spacial score (nSPS) is 11.6. The molecule has 0 radical (unpaired) electrons. The Hall–Kier alpha value is -1.61. The summed E-state index contributed by atoms with van der Waals surface area (Å²) < 4.78 is 5.07. The first kappa shape index (κ1) is 17.4. The third kappa shape index (κ3) is 4.18. The SMILES string of the molecule is CCOC(=O)C(CC)(CC)C(=O)C=Cc1ccc(Cl)cc1. The van der Waals surface area contributed by atoms with E-state index in [2.05, 4.69) is 0 Å². The van der Waals surface area contributed by atoms with Crippen molar-refractivity contribution in [2.45, 2.75) is 33.6 Å². The zero-order valence-electron chi connectivity index (χ0n) is 12.7. The lowest BCUT2D eigenvalue weighted by Crippen LogP contribution is -2.38. The molecule has 0 fully saturated rings. The second kappa shape index (κ2) is 7.99. The highest BCUT2D eigenvalue weighted by molar-refractivity contribution is 6.30. The second-order valence-electron chi connectivity index (χ2n) is 4.76. The third-order valence-corrected chi connectivity index (χ3v) is 3.89. The molecule has 1 rings (SSSR count). The van der Waals surface area contributed by atoms with Gasteiger partial charge in [-0.05, 0) is 43.5 Å².